The molecule has 1 spiro atoms. The third kappa shape index (κ3) is 1.96. The first-order valence-electron chi connectivity index (χ1n) is 7.85. The van der Waals surface area contributed by atoms with Crippen molar-refractivity contribution in [3.63, 3.8) is 0 Å². The van der Waals surface area contributed by atoms with Gasteiger partial charge in [-0.1, -0.05) is 43.2 Å². The molecule has 3 heteroatoms. The summed E-state index contributed by atoms with van der Waals surface area (Å²) < 4.78 is 0. The molecule has 20 heavy (non-hydrogen) atoms. The zero-order valence-corrected chi connectivity index (χ0v) is 12.0. The molecule has 3 aliphatic rings. The quantitative estimate of drug-likeness (QED) is 0.912. The fourth-order valence-corrected chi connectivity index (χ4v) is 3.52. The van der Waals surface area contributed by atoms with Gasteiger partial charge in [0.25, 0.3) is 0 Å². The first kappa shape index (κ1) is 12.4. The Morgan fingerprint density at radius 1 is 1.30 bits per heavy atom. The van der Waals surface area contributed by atoms with E-state index in [2.05, 4.69) is 41.4 Å². The normalized spacial score (nSPS) is 28.9. The molecule has 1 amide bonds. The molecule has 1 aliphatic heterocycles. The molecule has 0 aromatic heterocycles. The second-order valence-electron chi connectivity index (χ2n) is 6.78. The Bertz CT molecular complexity index is 519. The molecular formula is C17H22N2O. The number of amides is 1. The fourth-order valence-electron chi connectivity index (χ4n) is 3.52. The second kappa shape index (κ2) is 4.32. The van der Waals surface area contributed by atoms with E-state index in [1.165, 1.54) is 18.4 Å². The average Bonchev–Trinajstić information content (AvgIpc) is 3.35. The van der Waals surface area contributed by atoms with E-state index in [9.17, 15) is 4.79 Å². The van der Waals surface area contributed by atoms with Crippen molar-refractivity contribution in [2.24, 2.45) is 5.92 Å². The molecule has 2 unspecified atom stereocenters. The summed E-state index contributed by atoms with van der Waals surface area (Å²) in [7, 11) is 0. The monoisotopic (exact) mass is 270 g/mol. The minimum Gasteiger partial charge on any atom is -0.319 e. The van der Waals surface area contributed by atoms with E-state index in [1.807, 2.05) is 6.07 Å². The predicted octanol–water partition coefficient (Wildman–Crippen LogP) is 2.84. The van der Waals surface area contributed by atoms with E-state index in [4.69, 9.17) is 0 Å². The number of carbonyl (C=O) groups excluding carboxylic acids is 1. The maximum Gasteiger partial charge on any atom is 0.244 e. The van der Waals surface area contributed by atoms with Gasteiger partial charge in [0.1, 0.15) is 11.7 Å². The number of nitrogens with one attached hydrogen (secondary N) is 1. The van der Waals surface area contributed by atoms with Crippen LogP contribution in [0.2, 0.25) is 0 Å². The van der Waals surface area contributed by atoms with E-state index < -0.39 is 0 Å². The number of nitrogens with zero attached hydrogens (tertiary/aromatic N) is 1. The Balaban J connectivity index is 1.63. The maximum absolute atomic E-state index is 12.8. The summed E-state index contributed by atoms with van der Waals surface area (Å²) in [5.74, 6) is 1.18. The lowest BCUT2D eigenvalue weighted by molar-refractivity contribution is -0.133. The van der Waals surface area contributed by atoms with Crippen LogP contribution in [0.25, 0.3) is 0 Å². The maximum atomic E-state index is 12.8. The van der Waals surface area contributed by atoms with Crippen LogP contribution in [0.5, 0.6) is 0 Å². The molecule has 1 aromatic rings. The molecule has 4 rings (SSSR count). The van der Waals surface area contributed by atoms with E-state index in [0.29, 0.717) is 11.9 Å². The summed E-state index contributed by atoms with van der Waals surface area (Å²) in [4.78, 5) is 14.9. The van der Waals surface area contributed by atoms with Crippen molar-refractivity contribution in [1.29, 1.82) is 0 Å². The lowest BCUT2D eigenvalue weighted by Crippen LogP contribution is -2.39. The summed E-state index contributed by atoms with van der Waals surface area (Å²) in [5, 5.41) is 3.61. The number of rotatable bonds is 4. The molecule has 3 fully saturated rings. The van der Waals surface area contributed by atoms with Crippen LogP contribution in [-0.2, 0) is 4.79 Å². The Morgan fingerprint density at radius 2 is 2.00 bits per heavy atom. The van der Waals surface area contributed by atoms with Gasteiger partial charge in [0, 0.05) is 6.04 Å². The van der Waals surface area contributed by atoms with Crippen molar-refractivity contribution >= 4 is 5.91 Å². The van der Waals surface area contributed by atoms with Gasteiger partial charge in [0.2, 0.25) is 5.91 Å². The molecule has 1 aromatic carbocycles. The Labute approximate surface area is 120 Å². The van der Waals surface area contributed by atoms with Crippen LogP contribution in [0.15, 0.2) is 30.3 Å². The zero-order chi connectivity index (χ0) is 13.7. The molecule has 2 aliphatic carbocycles. The van der Waals surface area contributed by atoms with Gasteiger partial charge in [0.05, 0.1) is 0 Å². The van der Waals surface area contributed by atoms with Crippen LogP contribution in [0.3, 0.4) is 0 Å². The van der Waals surface area contributed by atoms with Crippen molar-refractivity contribution in [1.82, 2.24) is 10.2 Å². The molecule has 0 bridgehead atoms. The van der Waals surface area contributed by atoms with Crippen molar-refractivity contribution in [2.75, 3.05) is 0 Å². The summed E-state index contributed by atoms with van der Waals surface area (Å²) in [6.45, 7) is 2.22. The summed E-state index contributed by atoms with van der Waals surface area (Å²) in [5.41, 5.74) is 0.991. The highest BCUT2D eigenvalue weighted by atomic mass is 16.2. The molecule has 1 saturated heterocycles. The molecule has 2 saturated carbocycles. The molecule has 1 N–H and O–H groups in total. The van der Waals surface area contributed by atoms with Crippen LogP contribution in [0.1, 0.15) is 50.8 Å². The highest BCUT2D eigenvalue weighted by molar-refractivity contribution is 5.92. The molecule has 1 heterocycles. The lowest BCUT2D eigenvalue weighted by Gasteiger charge is -2.30. The Kier molecular flexibility index (Phi) is 2.68. The topological polar surface area (TPSA) is 32.3 Å². The minimum atomic E-state index is -0.224. The number of benzene rings is 1. The van der Waals surface area contributed by atoms with Gasteiger partial charge >= 0.3 is 0 Å². The highest BCUT2D eigenvalue weighted by Gasteiger charge is 2.60. The first-order chi connectivity index (χ1) is 9.70. The van der Waals surface area contributed by atoms with Crippen LogP contribution >= 0.6 is 0 Å². The largest absolute Gasteiger partial charge is 0.319 e. The van der Waals surface area contributed by atoms with Gasteiger partial charge in [-0.05, 0) is 37.7 Å². The molecule has 2 atom stereocenters. The van der Waals surface area contributed by atoms with Gasteiger partial charge < -0.3 is 4.90 Å². The summed E-state index contributed by atoms with van der Waals surface area (Å²) in [6, 6.07) is 10.7. The van der Waals surface area contributed by atoms with Crippen LogP contribution < -0.4 is 5.32 Å². The van der Waals surface area contributed by atoms with E-state index in [-0.39, 0.29) is 11.7 Å². The number of hydrogen-bond donors (Lipinski definition) is 1. The molecule has 0 radical (unpaired) electrons. The van der Waals surface area contributed by atoms with E-state index in [1.54, 1.807) is 0 Å². The van der Waals surface area contributed by atoms with E-state index >= 15 is 0 Å². The Hall–Kier alpha value is -1.35. The smallest absolute Gasteiger partial charge is 0.244 e. The van der Waals surface area contributed by atoms with Gasteiger partial charge in [-0.15, -0.1) is 0 Å². The third-order valence-corrected chi connectivity index (χ3v) is 5.05. The van der Waals surface area contributed by atoms with Crippen molar-refractivity contribution in [2.45, 2.75) is 56.8 Å². The van der Waals surface area contributed by atoms with Crippen molar-refractivity contribution < 1.29 is 4.79 Å². The van der Waals surface area contributed by atoms with Gasteiger partial charge in [0.15, 0.2) is 0 Å². The SMILES string of the molecule is CC(CC1CC1)N1C(=O)C2(CC2)NC1c1ccccc1. The number of carbonyl (C=O) groups is 1. The molecular weight excluding hydrogens is 248 g/mol. The highest BCUT2D eigenvalue weighted by Crippen LogP contribution is 2.48. The Morgan fingerprint density at radius 3 is 2.60 bits per heavy atom. The first-order valence-corrected chi connectivity index (χ1v) is 7.85. The predicted molar refractivity (Wildman–Crippen MR) is 77.9 cm³/mol. The summed E-state index contributed by atoms with van der Waals surface area (Å²) >= 11 is 0. The van der Waals surface area contributed by atoms with Gasteiger partial charge in [-0.3, -0.25) is 10.1 Å². The molecule has 106 valence electrons. The second-order valence-corrected chi connectivity index (χ2v) is 6.78. The standard InChI is InChI=1S/C17H22N2O/c1-12(11-13-7-8-13)19-15(14-5-3-2-4-6-14)18-17(9-10-17)16(19)20/h2-6,12-13,15,18H,7-11H2,1H3. The van der Waals surface area contributed by atoms with E-state index in [0.717, 1.165) is 25.2 Å². The minimum absolute atomic E-state index is 0.0694. The van der Waals surface area contributed by atoms with Crippen LogP contribution in [0.4, 0.5) is 0 Å². The van der Waals surface area contributed by atoms with Crippen molar-refractivity contribution in [3.8, 4) is 0 Å². The fraction of sp³-hybridized carbons (Fsp3) is 0.588. The summed E-state index contributed by atoms with van der Waals surface area (Å²) in [6.07, 6.45) is 5.93. The van der Waals surface area contributed by atoms with Crippen LogP contribution in [0, 0.1) is 5.92 Å². The van der Waals surface area contributed by atoms with Gasteiger partial charge in [-0.25, -0.2) is 0 Å². The third-order valence-electron chi connectivity index (χ3n) is 5.05. The molecule has 3 nitrogen and oxygen atoms in total. The van der Waals surface area contributed by atoms with Gasteiger partial charge in [-0.2, -0.15) is 0 Å². The average molecular weight is 270 g/mol. The van der Waals surface area contributed by atoms with Crippen molar-refractivity contribution in [3.05, 3.63) is 35.9 Å². The lowest BCUT2D eigenvalue weighted by atomic mass is 10.1. The zero-order valence-electron chi connectivity index (χ0n) is 12.0. The van der Waals surface area contributed by atoms with Crippen LogP contribution in [-0.4, -0.2) is 22.4 Å². The number of hydrogen-bond acceptors (Lipinski definition) is 2.